The Balaban J connectivity index is 1.88. The van der Waals surface area contributed by atoms with E-state index in [0.29, 0.717) is 11.5 Å². The number of alkyl halides is 1. The molecule has 0 amide bonds. The van der Waals surface area contributed by atoms with Gasteiger partial charge in [0.1, 0.15) is 11.9 Å². The van der Waals surface area contributed by atoms with Crippen molar-refractivity contribution in [2.24, 2.45) is 0 Å². The maximum absolute atomic E-state index is 5.83. The SMILES string of the molecule is ClC1CC(Oc2ccccc2)C1. The summed E-state index contributed by atoms with van der Waals surface area (Å²) in [5.41, 5.74) is 0. The maximum atomic E-state index is 5.83. The molecule has 2 rings (SSSR count). The third-order valence-corrected chi connectivity index (χ3v) is 2.44. The Bertz CT molecular complexity index is 241. The average Bonchev–Trinajstić information content (AvgIpc) is 2.04. The fourth-order valence-electron chi connectivity index (χ4n) is 1.29. The van der Waals surface area contributed by atoms with Crippen molar-refractivity contribution in [3.8, 4) is 5.75 Å². The summed E-state index contributed by atoms with van der Waals surface area (Å²) in [5, 5.41) is 0.332. The molecule has 0 aliphatic heterocycles. The van der Waals surface area contributed by atoms with Gasteiger partial charge < -0.3 is 4.74 Å². The van der Waals surface area contributed by atoms with Crippen LogP contribution in [-0.4, -0.2) is 11.5 Å². The lowest BCUT2D eigenvalue weighted by Crippen LogP contribution is -2.34. The molecule has 1 aromatic rings. The molecule has 64 valence electrons. The summed E-state index contributed by atoms with van der Waals surface area (Å²) in [6.45, 7) is 0. The second kappa shape index (κ2) is 3.36. The standard InChI is InChI=1S/C10H11ClO/c11-8-6-10(7-8)12-9-4-2-1-3-5-9/h1-5,8,10H,6-7H2. The number of ether oxygens (including phenoxy) is 1. The molecule has 1 aliphatic carbocycles. The molecule has 12 heavy (non-hydrogen) atoms. The van der Waals surface area contributed by atoms with E-state index in [9.17, 15) is 0 Å². The molecule has 1 fully saturated rings. The van der Waals surface area contributed by atoms with E-state index in [1.165, 1.54) is 0 Å². The van der Waals surface area contributed by atoms with Gasteiger partial charge in [0.15, 0.2) is 0 Å². The van der Waals surface area contributed by atoms with Crippen molar-refractivity contribution in [3.63, 3.8) is 0 Å². The van der Waals surface area contributed by atoms with Crippen molar-refractivity contribution in [1.29, 1.82) is 0 Å². The van der Waals surface area contributed by atoms with Crippen molar-refractivity contribution in [2.75, 3.05) is 0 Å². The van der Waals surface area contributed by atoms with Crippen LogP contribution in [0.15, 0.2) is 30.3 Å². The van der Waals surface area contributed by atoms with Crippen LogP contribution in [0, 0.1) is 0 Å². The Morgan fingerprint density at radius 1 is 1.17 bits per heavy atom. The minimum Gasteiger partial charge on any atom is -0.490 e. The van der Waals surface area contributed by atoms with Gasteiger partial charge in [-0.25, -0.2) is 0 Å². The minimum atomic E-state index is 0.332. The number of halogens is 1. The van der Waals surface area contributed by atoms with Crippen molar-refractivity contribution in [3.05, 3.63) is 30.3 Å². The molecular formula is C10H11ClO. The molecule has 0 radical (unpaired) electrons. The minimum absolute atomic E-state index is 0.332. The van der Waals surface area contributed by atoms with Crippen LogP contribution in [0.4, 0.5) is 0 Å². The summed E-state index contributed by atoms with van der Waals surface area (Å²) >= 11 is 5.83. The van der Waals surface area contributed by atoms with Crippen LogP contribution < -0.4 is 4.74 Å². The molecule has 0 bridgehead atoms. The van der Waals surface area contributed by atoms with Gasteiger partial charge in [0.05, 0.1) is 0 Å². The molecule has 1 saturated carbocycles. The van der Waals surface area contributed by atoms with Crippen LogP contribution >= 0.6 is 11.6 Å². The van der Waals surface area contributed by atoms with Crippen LogP contribution in [0.3, 0.4) is 0 Å². The maximum Gasteiger partial charge on any atom is 0.119 e. The van der Waals surface area contributed by atoms with Crippen molar-refractivity contribution >= 4 is 11.6 Å². The summed E-state index contributed by atoms with van der Waals surface area (Å²) in [6, 6.07) is 9.89. The zero-order chi connectivity index (χ0) is 8.39. The zero-order valence-corrected chi connectivity index (χ0v) is 7.50. The van der Waals surface area contributed by atoms with E-state index < -0.39 is 0 Å². The number of hydrogen-bond acceptors (Lipinski definition) is 1. The first-order valence-electron chi connectivity index (χ1n) is 4.20. The summed E-state index contributed by atoms with van der Waals surface area (Å²) in [7, 11) is 0. The van der Waals surface area contributed by atoms with Crippen LogP contribution in [0.25, 0.3) is 0 Å². The average molecular weight is 183 g/mol. The predicted octanol–water partition coefficient (Wildman–Crippen LogP) is 2.84. The van der Waals surface area contributed by atoms with E-state index in [1.54, 1.807) is 0 Å². The molecule has 0 atom stereocenters. The molecule has 0 spiro atoms. The highest BCUT2D eigenvalue weighted by molar-refractivity contribution is 6.21. The summed E-state index contributed by atoms with van der Waals surface area (Å²) < 4.78 is 5.64. The molecule has 2 heteroatoms. The van der Waals surface area contributed by atoms with Gasteiger partial charge in [0.25, 0.3) is 0 Å². The highest BCUT2D eigenvalue weighted by atomic mass is 35.5. The summed E-state index contributed by atoms with van der Waals surface area (Å²) in [6.07, 6.45) is 2.31. The Morgan fingerprint density at radius 3 is 2.42 bits per heavy atom. The van der Waals surface area contributed by atoms with Gasteiger partial charge in [-0.3, -0.25) is 0 Å². The van der Waals surface area contributed by atoms with Crippen molar-refractivity contribution < 1.29 is 4.74 Å². The van der Waals surface area contributed by atoms with Gasteiger partial charge in [-0.2, -0.15) is 0 Å². The largest absolute Gasteiger partial charge is 0.490 e. The first-order chi connectivity index (χ1) is 5.84. The van der Waals surface area contributed by atoms with Crippen molar-refractivity contribution in [2.45, 2.75) is 24.3 Å². The van der Waals surface area contributed by atoms with Gasteiger partial charge in [-0.15, -0.1) is 11.6 Å². The van der Waals surface area contributed by atoms with Crippen LogP contribution in [-0.2, 0) is 0 Å². The molecular weight excluding hydrogens is 172 g/mol. The second-order valence-electron chi connectivity index (χ2n) is 3.12. The number of benzene rings is 1. The quantitative estimate of drug-likeness (QED) is 0.640. The Labute approximate surface area is 77.3 Å². The van der Waals surface area contributed by atoms with Gasteiger partial charge in [0, 0.05) is 18.2 Å². The first-order valence-corrected chi connectivity index (χ1v) is 4.64. The highest BCUT2D eigenvalue weighted by Gasteiger charge is 2.28. The number of para-hydroxylation sites is 1. The summed E-state index contributed by atoms with van der Waals surface area (Å²) in [5.74, 6) is 0.950. The lowest BCUT2D eigenvalue weighted by Gasteiger charge is -2.31. The zero-order valence-electron chi connectivity index (χ0n) is 6.74. The fraction of sp³-hybridized carbons (Fsp3) is 0.400. The molecule has 0 N–H and O–H groups in total. The van der Waals surface area contributed by atoms with E-state index in [-0.39, 0.29) is 0 Å². The third-order valence-electron chi connectivity index (χ3n) is 2.08. The van der Waals surface area contributed by atoms with Gasteiger partial charge in [-0.05, 0) is 12.1 Å². The predicted molar refractivity (Wildman–Crippen MR) is 49.7 cm³/mol. The van der Waals surface area contributed by atoms with E-state index in [1.807, 2.05) is 30.3 Å². The van der Waals surface area contributed by atoms with Crippen LogP contribution in [0.5, 0.6) is 5.75 Å². The van der Waals surface area contributed by atoms with E-state index in [0.717, 1.165) is 18.6 Å². The smallest absolute Gasteiger partial charge is 0.119 e. The topological polar surface area (TPSA) is 9.23 Å². The van der Waals surface area contributed by atoms with Gasteiger partial charge >= 0.3 is 0 Å². The van der Waals surface area contributed by atoms with Gasteiger partial charge in [-0.1, -0.05) is 18.2 Å². The lowest BCUT2D eigenvalue weighted by molar-refractivity contribution is 0.124. The monoisotopic (exact) mass is 182 g/mol. The Morgan fingerprint density at radius 2 is 1.83 bits per heavy atom. The van der Waals surface area contributed by atoms with E-state index in [2.05, 4.69) is 0 Å². The van der Waals surface area contributed by atoms with E-state index in [4.69, 9.17) is 16.3 Å². The molecule has 0 aromatic heterocycles. The molecule has 0 unspecified atom stereocenters. The Hall–Kier alpha value is -0.690. The van der Waals surface area contributed by atoms with Crippen molar-refractivity contribution in [1.82, 2.24) is 0 Å². The first kappa shape index (κ1) is 7.93. The number of hydrogen-bond donors (Lipinski definition) is 0. The molecule has 0 saturated heterocycles. The highest BCUT2D eigenvalue weighted by Crippen LogP contribution is 2.29. The lowest BCUT2D eigenvalue weighted by atomic mass is 9.95. The van der Waals surface area contributed by atoms with Crippen LogP contribution in [0.1, 0.15) is 12.8 Å². The second-order valence-corrected chi connectivity index (χ2v) is 3.74. The molecule has 1 aliphatic rings. The third kappa shape index (κ3) is 1.72. The fourth-order valence-corrected chi connectivity index (χ4v) is 1.69. The summed E-state index contributed by atoms with van der Waals surface area (Å²) in [4.78, 5) is 0. The normalized spacial score (nSPS) is 27.8. The molecule has 1 nitrogen and oxygen atoms in total. The Kier molecular flexibility index (Phi) is 2.22. The number of rotatable bonds is 2. The van der Waals surface area contributed by atoms with Gasteiger partial charge in [0.2, 0.25) is 0 Å². The molecule has 1 aromatic carbocycles. The van der Waals surface area contributed by atoms with Crippen LogP contribution in [0.2, 0.25) is 0 Å². The van der Waals surface area contributed by atoms with E-state index >= 15 is 0 Å². The molecule has 0 heterocycles.